The molecule has 0 aliphatic heterocycles. The Kier molecular flexibility index (Phi) is 6.55. The van der Waals surface area contributed by atoms with E-state index in [2.05, 4.69) is 30.9 Å². The Balaban J connectivity index is 1.47. The van der Waals surface area contributed by atoms with E-state index in [0.717, 1.165) is 44.1 Å². The number of fused-ring (bicyclic) bond motifs is 4. The van der Waals surface area contributed by atoms with Gasteiger partial charge < -0.3 is 9.84 Å². The van der Waals surface area contributed by atoms with Gasteiger partial charge in [0.2, 0.25) is 0 Å². The lowest BCUT2D eigenvalue weighted by Gasteiger charge is -2.52. The maximum absolute atomic E-state index is 12.1. The fraction of sp³-hybridized carbons (Fsp3) is 0.484. The number of aliphatic hydroxyl groups is 1. The van der Waals surface area contributed by atoms with Crippen molar-refractivity contribution in [1.82, 2.24) is 0 Å². The Hall–Kier alpha value is -2.90. The van der Waals surface area contributed by atoms with Crippen LogP contribution in [0.25, 0.3) is 0 Å². The highest BCUT2D eigenvalue weighted by atomic mass is 16.5. The van der Waals surface area contributed by atoms with Crippen LogP contribution < -0.4 is 0 Å². The van der Waals surface area contributed by atoms with E-state index in [1.54, 1.807) is 12.5 Å². The molecule has 1 aromatic carbocycles. The van der Waals surface area contributed by atoms with Gasteiger partial charge in [-0.3, -0.25) is 4.79 Å². The molecule has 4 aliphatic rings. The van der Waals surface area contributed by atoms with E-state index in [1.165, 1.54) is 28.9 Å². The fourth-order valence-electron chi connectivity index (χ4n) is 7.16. The summed E-state index contributed by atoms with van der Waals surface area (Å²) in [5.41, 5.74) is 6.33. The van der Waals surface area contributed by atoms with Gasteiger partial charge in [0.05, 0.1) is 12.7 Å². The van der Waals surface area contributed by atoms with E-state index in [0.29, 0.717) is 24.9 Å². The highest BCUT2D eigenvalue weighted by molar-refractivity contribution is 5.93. The maximum Gasteiger partial charge on any atom is 0.331 e. The van der Waals surface area contributed by atoms with Gasteiger partial charge in [-0.1, -0.05) is 36.5 Å². The van der Waals surface area contributed by atoms with Crippen LogP contribution in [-0.2, 0) is 14.3 Å². The second-order valence-electron chi connectivity index (χ2n) is 10.7. The molecule has 0 spiro atoms. The average molecular weight is 471 g/mol. The minimum atomic E-state index is -0.385. The van der Waals surface area contributed by atoms with Gasteiger partial charge in [-0.05, 0) is 104 Å². The zero-order chi connectivity index (χ0) is 24.6. The van der Waals surface area contributed by atoms with Crippen molar-refractivity contribution in [2.75, 3.05) is 6.61 Å². The monoisotopic (exact) mass is 470 g/mol. The van der Waals surface area contributed by atoms with Crippen LogP contribution >= 0.6 is 0 Å². The van der Waals surface area contributed by atoms with E-state index in [-0.39, 0.29) is 29.2 Å². The molecule has 2 saturated carbocycles. The van der Waals surface area contributed by atoms with Crippen LogP contribution in [0.5, 0.6) is 0 Å². The summed E-state index contributed by atoms with van der Waals surface area (Å²) in [6, 6.07) is 8.44. The molecule has 4 nitrogen and oxygen atoms in total. The van der Waals surface area contributed by atoms with Gasteiger partial charge in [-0.15, -0.1) is 0 Å². The number of ketones is 1. The summed E-state index contributed by atoms with van der Waals surface area (Å²) in [5.74, 6) is 7.13. The fourth-order valence-corrected chi connectivity index (χ4v) is 7.16. The van der Waals surface area contributed by atoms with E-state index < -0.39 is 0 Å². The summed E-state index contributed by atoms with van der Waals surface area (Å²) in [5, 5.41) is 11.0. The van der Waals surface area contributed by atoms with Crippen molar-refractivity contribution in [3.05, 3.63) is 70.3 Å². The SMILES string of the molecule is CCOC(=O)/C=C/C#Cc1ccc(C2CC3(C)C(O)CCC3C3CCC4=CC(=O)CCC4=C23)cc1. The molecule has 182 valence electrons. The van der Waals surface area contributed by atoms with Crippen LogP contribution in [0.3, 0.4) is 0 Å². The number of allylic oxidation sites excluding steroid dienone is 5. The van der Waals surface area contributed by atoms with Gasteiger partial charge in [0, 0.05) is 24.0 Å². The molecule has 1 aromatic rings. The molecule has 5 atom stereocenters. The number of hydrogen-bond donors (Lipinski definition) is 1. The van der Waals surface area contributed by atoms with Gasteiger partial charge >= 0.3 is 5.97 Å². The van der Waals surface area contributed by atoms with Crippen molar-refractivity contribution in [2.45, 2.75) is 70.8 Å². The first-order chi connectivity index (χ1) is 16.9. The summed E-state index contributed by atoms with van der Waals surface area (Å²) in [7, 11) is 0. The molecule has 0 bridgehead atoms. The van der Waals surface area contributed by atoms with Crippen LogP contribution in [0.1, 0.15) is 75.8 Å². The number of esters is 1. The standard InChI is InChI=1S/C31H34O4/c1-3-35-29(34)7-5-4-6-20-8-10-21(11-9-20)26-19-31(2)27(16-17-28(31)33)25-14-12-22-18-23(32)13-15-24(22)30(25)26/h5,7-11,18,25-28,33H,3,12-17,19H2,1-2H3/b7-5+. The molecule has 35 heavy (non-hydrogen) atoms. The van der Waals surface area contributed by atoms with Crippen molar-refractivity contribution >= 4 is 11.8 Å². The summed E-state index contributed by atoms with van der Waals surface area (Å²) in [4.78, 5) is 23.6. The smallest absolute Gasteiger partial charge is 0.331 e. The van der Waals surface area contributed by atoms with Crippen LogP contribution in [0.15, 0.2) is 59.2 Å². The summed E-state index contributed by atoms with van der Waals surface area (Å²) in [6.07, 6.45) is 11.0. The summed E-state index contributed by atoms with van der Waals surface area (Å²) in [6.45, 7) is 4.42. The number of aliphatic hydroxyl groups excluding tert-OH is 1. The molecular formula is C31H34O4. The van der Waals surface area contributed by atoms with Gasteiger partial charge in [0.25, 0.3) is 0 Å². The Morgan fingerprint density at radius 2 is 1.97 bits per heavy atom. The molecule has 5 unspecified atom stereocenters. The Morgan fingerprint density at radius 3 is 2.74 bits per heavy atom. The van der Waals surface area contributed by atoms with Gasteiger partial charge in [0.15, 0.2) is 5.78 Å². The van der Waals surface area contributed by atoms with Crippen molar-refractivity contribution in [2.24, 2.45) is 17.3 Å². The number of carbonyl (C=O) groups is 2. The van der Waals surface area contributed by atoms with E-state index in [4.69, 9.17) is 4.74 Å². The first kappa shape index (κ1) is 23.8. The molecule has 1 N–H and O–H groups in total. The van der Waals surface area contributed by atoms with Gasteiger partial charge in [-0.2, -0.15) is 0 Å². The molecule has 5 rings (SSSR count). The largest absolute Gasteiger partial charge is 0.463 e. The Bertz CT molecular complexity index is 1170. The lowest BCUT2D eigenvalue weighted by atomic mass is 9.53. The molecule has 4 aliphatic carbocycles. The predicted molar refractivity (Wildman–Crippen MR) is 135 cm³/mol. The summed E-state index contributed by atoms with van der Waals surface area (Å²) >= 11 is 0. The molecule has 0 amide bonds. The quantitative estimate of drug-likeness (QED) is 0.364. The minimum Gasteiger partial charge on any atom is -0.463 e. The van der Waals surface area contributed by atoms with Crippen LogP contribution in [0.2, 0.25) is 0 Å². The summed E-state index contributed by atoms with van der Waals surface area (Å²) < 4.78 is 4.87. The molecular weight excluding hydrogens is 436 g/mol. The number of benzene rings is 1. The van der Waals surface area contributed by atoms with Crippen LogP contribution in [0.4, 0.5) is 0 Å². The minimum absolute atomic E-state index is 0.0680. The van der Waals surface area contributed by atoms with Crippen molar-refractivity contribution in [1.29, 1.82) is 0 Å². The third-order valence-corrected chi connectivity index (χ3v) is 8.80. The van der Waals surface area contributed by atoms with Crippen molar-refractivity contribution in [3.8, 4) is 11.8 Å². The zero-order valence-electron chi connectivity index (χ0n) is 20.7. The molecule has 2 fully saturated rings. The second-order valence-corrected chi connectivity index (χ2v) is 10.7. The van der Waals surface area contributed by atoms with E-state index in [1.807, 2.05) is 18.2 Å². The first-order valence-electron chi connectivity index (χ1n) is 13.0. The highest BCUT2D eigenvalue weighted by Gasteiger charge is 2.56. The van der Waals surface area contributed by atoms with Gasteiger partial charge in [-0.25, -0.2) is 4.79 Å². The highest BCUT2D eigenvalue weighted by Crippen LogP contribution is 2.63. The molecule has 0 saturated heterocycles. The van der Waals surface area contributed by atoms with E-state index in [9.17, 15) is 14.7 Å². The second kappa shape index (κ2) is 9.63. The topological polar surface area (TPSA) is 63.6 Å². The predicted octanol–water partition coefficient (Wildman–Crippen LogP) is 5.42. The third kappa shape index (κ3) is 4.43. The van der Waals surface area contributed by atoms with Crippen molar-refractivity contribution < 1.29 is 19.4 Å². The molecule has 0 radical (unpaired) electrons. The lowest BCUT2D eigenvalue weighted by Crippen LogP contribution is -2.45. The Labute approximate surface area is 208 Å². The molecule has 0 heterocycles. The molecule has 4 heteroatoms. The average Bonchev–Trinajstić information content (AvgIpc) is 3.15. The van der Waals surface area contributed by atoms with Crippen molar-refractivity contribution in [3.63, 3.8) is 0 Å². The van der Waals surface area contributed by atoms with E-state index >= 15 is 0 Å². The Morgan fingerprint density at radius 1 is 1.17 bits per heavy atom. The molecule has 0 aromatic heterocycles. The number of ether oxygens (including phenoxy) is 1. The van der Waals surface area contributed by atoms with Gasteiger partial charge in [0.1, 0.15) is 0 Å². The number of hydrogen-bond acceptors (Lipinski definition) is 4. The zero-order valence-corrected chi connectivity index (χ0v) is 20.7. The normalized spacial score (nSPS) is 31.7. The van der Waals surface area contributed by atoms with Crippen LogP contribution in [-0.4, -0.2) is 29.6 Å². The van der Waals surface area contributed by atoms with Crippen LogP contribution in [0, 0.1) is 29.1 Å². The first-order valence-corrected chi connectivity index (χ1v) is 13.0. The maximum atomic E-state index is 12.1. The number of carbonyl (C=O) groups excluding carboxylic acids is 2. The number of rotatable bonds is 3. The third-order valence-electron chi connectivity index (χ3n) is 8.80. The lowest BCUT2D eigenvalue weighted by molar-refractivity contribution is -0.137.